The summed E-state index contributed by atoms with van der Waals surface area (Å²) in [5.74, 6) is 0.386. The minimum Gasteiger partial charge on any atom is -0.330 e. The predicted octanol–water partition coefficient (Wildman–Crippen LogP) is 2.73. The van der Waals surface area contributed by atoms with E-state index >= 15 is 0 Å². The SMILES string of the molecule is CC(C)c1ncnc2[nH]c(Cl)cc12. The van der Waals surface area contributed by atoms with Gasteiger partial charge in [-0.3, -0.25) is 0 Å². The molecule has 0 spiro atoms. The quantitative estimate of drug-likeness (QED) is 0.760. The van der Waals surface area contributed by atoms with Crippen LogP contribution in [-0.4, -0.2) is 15.0 Å². The molecular formula is C9H10ClN3. The lowest BCUT2D eigenvalue weighted by molar-refractivity contribution is 0.828. The Labute approximate surface area is 81.2 Å². The van der Waals surface area contributed by atoms with Gasteiger partial charge in [0.25, 0.3) is 0 Å². The van der Waals surface area contributed by atoms with Crippen molar-refractivity contribution < 1.29 is 0 Å². The molecule has 2 aromatic rings. The first-order valence-electron chi connectivity index (χ1n) is 4.17. The fourth-order valence-corrected chi connectivity index (χ4v) is 1.59. The Balaban J connectivity index is 2.75. The summed E-state index contributed by atoms with van der Waals surface area (Å²) in [5.41, 5.74) is 1.84. The summed E-state index contributed by atoms with van der Waals surface area (Å²) in [7, 11) is 0. The number of hydrogen-bond acceptors (Lipinski definition) is 2. The Morgan fingerprint density at radius 1 is 1.38 bits per heavy atom. The van der Waals surface area contributed by atoms with Gasteiger partial charge < -0.3 is 4.98 Å². The van der Waals surface area contributed by atoms with Gasteiger partial charge in [-0.1, -0.05) is 25.4 Å². The molecule has 0 unspecified atom stereocenters. The minimum atomic E-state index is 0.386. The zero-order valence-corrected chi connectivity index (χ0v) is 8.26. The van der Waals surface area contributed by atoms with Gasteiger partial charge in [-0.05, 0) is 12.0 Å². The van der Waals surface area contributed by atoms with Crippen LogP contribution in [0.2, 0.25) is 5.15 Å². The second-order valence-corrected chi connectivity index (χ2v) is 3.70. The smallest absolute Gasteiger partial charge is 0.142 e. The van der Waals surface area contributed by atoms with E-state index in [1.807, 2.05) is 6.07 Å². The molecule has 68 valence electrons. The molecule has 0 atom stereocenters. The van der Waals surface area contributed by atoms with Gasteiger partial charge in [0.05, 0.1) is 5.69 Å². The highest BCUT2D eigenvalue weighted by Crippen LogP contribution is 2.23. The third-order valence-electron chi connectivity index (χ3n) is 1.97. The monoisotopic (exact) mass is 195 g/mol. The molecule has 1 N–H and O–H groups in total. The molecule has 0 saturated carbocycles. The Morgan fingerprint density at radius 2 is 2.15 bits per heavy atom. The molecule has 0 aromatic carbocycles. The van der Waals surface area contributed by atoms with Crippen LogP contribution < -0.4 is 0 Å². The molecule has 4 heteroatoms. The van der Waals surface area contributed by atoms with Gasteiger partial charge in [0.2, 0.25) is 0 Å². The maximum absolute atomic E-state index is 5.84. The molecule has 0 aliphatic heterocycles. The van der Waals surface area contributed by atoms with Crippen molar-refractivity contribution in [2.24, 2.45) is 0 Å². The Hall–Kier alpha value is -1.09. The first-order valence-corrected chi connectivity index (χ1v) is 4.55. The van der Waals surface area contributed by atoms with Crippen LogP contribution in [0.15, 0.2) is 12.4 Å². The summed E-state index contributed by atoms with van der Waals surface area (Å²) >= 11 is 5.84. The van der Waals surface area contributed by atoms with Crippen molar-refractivity contribution >= 4 is 22.6 Å². The molecule has 2 aromatic heterocycles. The standard InChI is InChI=1S/C9H10ClN3/c1-5(2)8-6-3-7(10)13-9(6)12-4-11-8/h3-5H,1-2H3,(H,11,12,13). The van der Waals surface area contributed by atoms with Crippen molar-refractivity contribution in [3.63, 3.8) is 0 Å². The maximum Gasteiger partial charge on any atom is 0.142 e. The van der Waals surface area contributed by atoms with Crippen LogP contribution in [0.4, 0.5) is 0 Å². The number of fused-ring (bicyclic) bond motifs is 1. The third-order valence-corrected chi connectivity index (χ3v) is 2.17. The number of H-pyrrole nitrogens is 1. The molecule has 0 aliphatic rings. The number of halogens is 1. The molecule has 2 rings (SSSR count). The van der Waals surface area contributed by atoms with E-state index in [1.165, 1.54) is 0 Å². The molecule has 13 heavy (non-hydrogen) atoms. The van der Waals surface area contributed by atoms with Crippen LogP contribution in [0, 0.1) is 0 Å². The molecular weight excluding hydrogens is 186 g/mol. The van der Waals surface area contributed by atoms with Crippen LogP contribution in [0.5, 0.6) is 0 Å². The van der Waals surface area contributed by atoms with Crippen molar-refractivity contribution in [3.05, 3.63) is 23.2 Å². The number of aromatic amines is 1. The van der Waals surface area contributed by atoms with Gasteiger partial charge in [0, 0.05) is 5.39 Å². The molecule has 2 heterocycles. The van der Waals surface area contributed by atoms with Crippen molar-refractivity contribution in [1.82, 2.24) is 15.0 Å². The van der Waals surface area contributed by atoms with Gasteiger partial charge in [-0.25, -0.2) is 9.97 Å². The van der Waals surface area contributed by atoms with Gasteiger partial charge >= 0.3 is 0 Å². The van der Waals surface area contributed by atoms with Crippen molar-refractivity contribution in [3.8, 4) is 0 Å². The molecule has 0 saturated heterocycles. The van der Waals surface area contributed by atoms with E-state index < -0.39 is 0 Å². The molecule has 0 bridgehead atoms. The van der Waals surface area contributed by atoms with Gasteiger partial charge in [-0.2, -0.15) is 0 Å². The zero-order chi connectivity index (χ0) is 9.42. The van der Waals surface area contributed by atoms with E-state index in [0.717, 1.165) is 16.7 Å². The average Bonchev–Trinajstić information content (AvgIpc) is 2.43. The van der Waals surface area contributed by atoms with Crippen LogP contribution in [0.25, 0.3) is 11.0 Å². The third kappa shape index (κ3) is 1.40. The topological polar surface area (TPSA) is 41.6 Å². The fourth-order valence-electron chi connectivity index (χ4n) is 1.39. The number of nitrogens with one attached hydrogen (secondary N) is 1. The van der Waals surface area contributed by atoms with Crippen LogP contribution in [-0.2, 0) is 0 Å². The highest BCUT2D eigenvalue weighted by Gasteiger charge is 2.09. The summed E-state index contributed by atoms with van der Waals surface area (Å²) in [6, 6.07) is 1.87. The highest BCUT2D eigenvalue weighted by atomic mass is 35.5. The lowest BCUT2D eigenvalue weighted by Crippen LogP contribution is -1.93. The normalized spacial score (nSPS) is 11.4. The highest BCUT2D eigenvalue weighted by molar-refractivity contribution is 6.30. The molecule has 0 aliphatic carbocycles. The first kappa shape index (κ1) is 8.51. The summed E-state index contributed by atoms with van der Waals surface area (Å²) in [6.07, 6.45) is 1.56. The first-order chi connectivity index (χ1) is 6.18. The van der Waals surface area contributed by atoms with Crippen LogP contribution in [0.1, 0.15) is 25.5 Å². The largest absolute Gasteiger partial charge is 0.330 e. The van der Waals surface area contributed by atoms with E-state index in [2.05, 4.69) is 28.8 Å². The average molecular weight is 196 g/mol. The summed E-state index contributed by atoms with van der Waals surface area (Å²) in [5, 5.41) is 1.62. The van der Waals surface area contributed by atoms with Gasteiger partial charge in [0.15, 0.2) is 0 Å². The van der Waals surface area contributed by atoms with Crippen LogP contribution >= 0.6 is 11.6 Å². The summed E-state index contributed by atoms with van der Waals surface area (Å²) in [6.45, 7) is 4.20. The molecule has 3 nitrogen and oxygen atoms in total. The van der Waals surface area contributed by atoms with E-state index in [1.54, 1.807) is 6.33 Å². The Bertz CT molecular complexity index is 433. The fraction of sp³-hybridized carbons (Fsp3) is 0.333. The van der Waals surface area contributed by atoms with E-state index in [0.29, 0.717) is 11.1 Å². The van der Waals surface area contributed by atoms with Crippen LogP contribution in [0.3, 0.4) is 0 Å². The van der Waals surface area contributed by atoms with E-state index in [9.17, 15) is 0 Å². The van der Waals surface area contributed by atoms with Crippen molar-refractivity contribution in [2.45, 2.75) is 19.8 Å². The summed E-state index contributed by atoms with van der Waals surface area (Å²) in [4.78, 5) is 11.3. The van der Waals surface area contributed by atoms with E-state index in [-0.39, 0.29) is 0 Å². The van der Waals surface area contributed by atoms with Crippen molar-refractivity contribution in [2.75, 3.05) is 0 Å². The zero-order valence-electron chi connectivity index (χ0n) is 7.50. The number of nitrogens with zero attached hydrogens (tertiary/aromatic N) is 2. The number of hydrogen-bond donors (Lipinski definition) is 1. The summed E-state index contributed by atoms with van der Waals surface area (Å²) < 4.78 is 0. The molecule has 0 radical (unpaired) electrons. The van der Waals surface area contributed by atoms with Gasteiger partial charge in [0.1, 0.15) is 17.1 Å². The lowest BCUT2D eigenvalue weighted by atomic mass is 10.1. The predicted molar refractivity (Wildman–Crippen MR) is 53.0 cm³/mol. The van der Waals surface area contributed by atoms with Crippen molar-refractivity contribution in [1.29, 1.82) is 0 Å². The number of rotatable bonds is 1. The number of aromatic nitrogens is 3. The second-order valence-electron chi connectivity index (χ2n) is 3.29. The van der Waals surface area contributed by atoms with E-state index in [4.69, 9.17) is 11.6 Å². The second kappa shape index (κ2) is 3.00. The minimum absolute atomic E-state index is 0.386. The van der Waals surface area contributed by atoms with Gasteiger partial charge in [-0.15, -0.1) is 0 Å². The Kier molecular flexibility index (Phi) is 1.96. The molecule has 0 fully saturated rings. The maximum atomic E-state index is 5.84. The Morgan fingerprint density at radius 3 is 2.85 bits per heavy atom. The lowest BCUT2D eigenvalue weighted by Gasteiger charge is -2.03. The molecule has 0 amide bonds.